The van der Waals surface area contributed by atoms with Gasteiger partial charge in [-0.2, -0.15) is 0 Å². The average molecular weight is 394 g/mol. The maximum Gasteiger partial charge on any atom is 0.234 e. The number of nitrogens with zero attached hydrogens (tertiary/aromatic N) is 2. The molecule has 0 bridgehead atoms. The van der Waals surface area contributed by atoms with E-state index < -0.39 is 0 Å². The lowest BCUT2D eigenvalue weighted by Crippen LogP contribution is -2.14. The van der Waals surface area contributed by atoms with E-state index in [9.17, 15) is 9.18 Å². The van der Waals surface area contributed by atoms with E-state index in [1.807, 2.05) is 12.1 Å². The molecular weight excluding hydrogens is 375 g/mol. The first kappa shape index (κ1) is 18.4. The molecule has 0 spiro atoms. The van der Waals surface area contributed by atoms with Crippen LogP contribution >= 0.6 is 11.8 Å². The lowest BCUT2D eigenvalue weighted by atomic mass is 10.1. The highest BCUT2D eigenvalue weighted by Crippen LogP contribution is 2.25. The summed E-state index contributed by atoms with van der Waals surface area (Å²) in [6.45, 7) is 0. The first-order valence-corrected chi connectivity index (χ1v) is 10.0. The summed E-state index contributed by atoms with van der Waals surface area (Å²) in [6, 6.07) is 12.3. The lowest BCUT2D eigenvalue weighted by Gasteiger charge is -2.06. The Morgan fingerprint density at radius 1 is 1.14 bits per heavy atom. The van der Waals surface area contributed by atoms with Gasteiger partial charge in [-0.25, -0.2) is 9.37 Å². The minimum atomic E-state index is -0.270. The van der Waals surface area contributed by atoms with Gasteiger partial charge in [0.2, 0.25) is 11.1 Å². The summed E-state index contributed by atoms with van der Waals surface area (Å²) in [4.78, 5) is 16.5. The Labute approximate surface area is 166 Å². The number of benzene rings is 2. The van der Waals surface area contributed by atoms with Gasteiger partial charge in [-0.3, -0.25) is 9.89 Å². The van der Waals surface area contributed by atoms with Crippen LogP contribution < -0.4 is 5.32 Å². The summed E-state index contributed by atoms with van der Waals surface area (Å²) in [5, 5.41) is 10.4. The predicted molar refractivity (Wildman–Crippen MR) is 110 cm³/mol. The van der Waals surface area contributed by atoms with Gasteiger partial charge in [0.25, 0.3) is 0 Å². The van der Waals surface area contributed by atoms with Gasteiger partial charge in [-0.15, -0.1) is 5.10 Å². The molecule has 0 atom stereocenters. The summed E-state index contributed by atoms with van der Waals surface area (Å²) in [5.41, 5.74) is 4.41. The number of nitrogens with one attached hydrogen (secondary N) is 2. The Morgan fingerprint density at radius 2 is 1.96 bits per heavy atom. The second-order valence-electron chi connectivity index (χ2n) is 6.56. The topological polar surface area (TPSA) is 70.7 Å². The number of anilines is 1. The molecule has 0 aliphatic heterocycles. The van der Waals surface area contributed by atoms with Crippen molar-refractivity contribution in [1.82, 2.24) is 15.2 Å². The fourth-order valence-electron chi connectivity index (χ4n) is 3.12. The first-order chi connectivity index (χ1) is 13.7. The van der Waals surface area contributed by atoms with Crippen molar-refractivity contribution in [3.63, 3.8) is 0 Å². The highest BCUT2D eigenvalue weighted by atomic mass is 32.2. The number of hydrogen-bond acceptors (Lipinski definition) is 4. The first-order valence-electron chi connectivity index (χ1n) is 9.06. The highest BCUT2D eigenvalue weighted by Gasteiger charge is 2.12. The molecule has 0 saturated carbocycles. The molecule has 142 valence electrons. The van der Waals surface area contributed by atoms with Crippen LogP contribution in [0.5, 0.6) is 0 Å². The Balaban J connectivity index is 1.29. The molecule has 5 nitrogen and oxygen atoms in total. The largest absolute Gasteiger partial charge is 0.325 e. The summed E-state index contributed by atoms with van der Waals surface area (Å²) in [6.07, 6.45) is 6.97. The van der Waals surface area contributed by atoms with Crippen molar-refractivity contribution in [3.8, 4) is 0 Å². The van der Waals surface area contributed by atoms with Crippen molar-refractivity contribution < 1.29 is 9.18 Å². The van der Waals surface area contributed by atoms with E-state index in [0.717, 1.165) is 24.1 Å². The van der Waals surface area contributed by atoms with Crippen molar-refractivity contribution in [3.05, 3.63) is 70.8 Å². The average Bonchev–Trinajstić information content (AvgIpc) is 3.35. The second-order valence-corrected chi connectivity index (χ2v) is 7.50. The fourth-order valence-corrected chi connectivity index (χ4v) is 3.73. The number of aryl methyl sites for hydroxylation is 2. The number of H-pyrrole nitrogens is 1. The third-order valence-electron chi connectivity index (χ3n) is 4.50. The summed E-state index contributed by atoms with van der Waals surface area (Å²) in [5.74, 6) is 0.450. The molecule has 28 heavy (non-hydrogen) atoms. The smallest absolute Gasteiger partial charge is 0.234 e. The maximum atomic E-state index is 12.9. The summed E-state index contributed by atoms with van der Waals surface area (Å²) in [7, 11) is 0. The van der Waals surface area contributed by atoms with E-state index in [1.165, 1.54) is 41.4 Å². The van der Waals surface area contributed by atoms with E-state index >= 15 is 0 Å². The number of carbonyl (C=O) groups is 1. The highest BCUT2D eigenvalue weighted by molar-refractivity contribution is 7.99. The van der Waals surface area contributed by atoms with Crippen LogP contribution in [0.15, 0.2) is 47.6 Å². The van der Waals surface area contributed by atoms with Crippen molar-refractivity contribution in [1.29, 1.82) is 0 Å². The summed E-state index contributed by atoms with van der Waals surface area (Å²) < 4.78 is 12.9. The molecule has 1 aromatic heterocycles. The minimum Gasteiger partial charge on any atom is -0.325 e. The normalized spacial score (nSPS) is 13.0. The van der Waals surface area contributed by atoms with Gasteiger partial charge in [-0.1, -0.05) is 36.0 Å². The van der Waals surface area contributed by atoms with E-state index in [1.54, 1.807) is 18.2 Å². The number of thioether (sulfide) groups is 1. The second kappa shape index (κ2) is 8.39. The monoisotopic (exact) mass is 394 g/mol. The number of aromatic nitrogens is 3. The van der Waals surface area contributed by atoms with Gasteiger partial charge >= 0.3 is 0 Å². The third-order valence-corrected chi connectivity index (χ3v) is 5.35. The quantitative estimate of drug-likeness (QED) is 0.611. The number of fused-ring (bicyclic) bond motifs is 1. The van der Waals surface area contributed by atoms with Gasteiger partial charge < -0.3 is 5.32 Å². The van der Waals surface area contributed by atoms with Crippen LogP contribution in [0, 0.1) is 5.82 Å². The number of aromatic amines is 1. The molecule has 2 aromatic carbocycles. The Kier molecular flexibility index (Phi) is 5.53. The summed E-state index contributed by atoms with van der Waals surface area (Å²) >= 11 is 1.27. The number of amides is 1. The van der Waals surface area contributed by atoms with E-state index in [-0.39, 0.29) is 17.5 Å². The SMILES string of the molecule is O=C(CSc1n[nH]c(C=Cc2ccc(F)cc2)n1)Nc1ccc2c(c1)CCC2. The maximum absolute atomic E-state index is 12.9. The fraction of sp³-hybridized carbons (Fsp3) is 0.190. The number of carbonyl (C=O) groups excluding carboxylic acids is 1. The molecule has 0 fully saturated rings. The zero-order valence-electron chi connectivity index (χ0n) is 15.1. The molecule has 1 aliphatic carbocycles. The van der Waals surface area contributed by atoms with Crippen LogP contribution in [0.2, 0.25) is 0 Å². The van der Waals surface area contributed by atoms with Crippen LogP contribution in [0.4, 0.5) is 10.1 Å². The van der Waals surface area contributed by atoms with Gasteiger partial charge in [0.05, 0.1) is 5.75 Å². The molecule has 1 aliphatic rings. The number of hydrogen-bond donors (Lipinski definition) is 2. The predicted octanol–water partition coefficient (Wildman–Crippen LogP) is 4.33. The third kappa shape index (κ3) is 4.67. The molecule has 4 rings (SSSR count). The molecule has 0 radical (unpaired) electrons. The zero-order valence-corrected chi connectivity index (χ0v) is 15.9. The van der Waals surface area contributed by atoms with Crippen molar-refractivity contribution >= 4 is 35.5 Å². The van der Waals surface area contributed by atoms with Crippen LogP contribution in [-0.2, 0) is 17.6 Å². The van der Waals surface area contributed by atoms with Gasteiger partial charge in [0.15, 0.2) is 0 Å². The molecule has 7 heteroatoms. The minimum absolute atomic E-state index is 0.0869. The van der Waals surface area contributed by atoms with Gasteiger partial charge in [0, 0.05) is 5.69 Å². The van der Waals surface area contributed by atoms with Crippen molar-refractivity contribution in [2.75, 3.05) is 11.1 Å². The van der Waals surface area contributed by atoms with E-state index in [2.05, 4.69) is 32.6 Å². The van der Waals surface area contributed by atoms with Crippen molar-refractivity contribution in [2.45, 2.75) is 24.4 Å². The van der Waals surface area contributed by atoms with E-state index in [0.29, 0.717) is 11.0 Å². The molecule has 1 amide bonds. The lowest BCUT2D eigenvalue weighted by molar-refractivity contribution is -0.113. The Morgan fingerprint density at radius 3 is 2.82 bits per heavy atom. The van der Waals surface area contributed by atoms with Crippen LogP contribution in [0.25, 0.3) is 12.2 Å². The van der Waals surface area contributed by atoms with Crippen LogP contribution in [0.3, 0.4) is 0 Å². The standard InChI is InChI=1S/C21H19FN4OS/c22-17-8-4-14(5-9-17)6-11-19-24-21(26-25-19)28-13-20(27)23-18-10-7-15-2-1-3-16(15)12-18/h4-12H,1-3,13H2,(H,23,27)(H,24,25,26). The van der Waals surface area contributed by atoms with Crippen LogP contribution in [0.1, 0.15) is 28.9 Å². The van der Waals surface area contributed by atoms with E-state index in [4.69, 9.17) is 0 Å². The Bertz CT molecular complexity index is 1010. The van der Waals surface area contributed by atoms with Crippen LogP contribution in [-0.4, -0.2) is 26.8 Å². The number of halogens is 1. The number of rotatable bonds is 6. The molecule has 0 saturated heterocycles. The van der Waals surface area contributed by atoms with Gasteiger partial charge in [-0.05, 0) is 66.3 Å². The zero-order chi connectivity index (χ0) is 19.3. The molecular formula is C21H19FN4OS. The van der Waals surface area contributed by atoms with Gasteiger partial charge in [0.1, 0.15) is 11.6 Å². The Hall–Kier alpha value is -2.93. The van der Waals surface area contributed by atoms with Crippen molar-refractivity contribution in [2.24, 2.45) is 0 Å². The molecule has 3 aromatic rings. The molecule has 0 unspecified atom stereocenters. The molecule has 2 N–H and O–H groups in total. The molecule has 1 heterocycles.